The molecule has 4 N–H and O–H groups in total. The molecule has 1 fully saturated rings. The van der Waals surface area contributed by atoms with Crippen molar-refractivity contribution in [2.75, 3.05) is 11.9 Å². The summed E-state index contributed by atoms with van der Waals surface area (Å²) in [5.41, 5.74) is 0.825. The molecule has 1 saturated heterocycles. The first-order chi connectivity index (χ1) is 14.9. The van der Waals surface area contributed by atoms with Gasteiger partial charge in [-0.25, -0.2) is 13.6 Å². The maximum atomic E-state index is 13.7. The van der Waals surface area contributed by atoms with E-state index in [9.17, 15) is 23.5 Å². The molecular weight excluding hydrogens is 408 g/mol. The summed E-state index contributed by atoms with van der Waals surface area (Å²) in [6.45, 7) is -0.0615. The Labute approximate surface area is 178 Å². The van der Waals surface area contributed by atoms with Gasteiger partial charge in [0.15, 0.2) is 0 Å². The van der Waals surface area contributed by atoms with E-state index in [2.05, 4.69) is 16.0 Å². The molecule has 3 rings (SSSR count). The molecule has 7 nitrogen and oxygen atoms in total. The Bertz CT molecular complexity index is 895. The highest BCUT2D eigenvalue weighted by Crippen LogP contribution is 2.22. The summed E-state index contributed by atoms with van der Waals surface area (Å²) in [4.78, 5) is 24.4. The van der Waals surface area contributed by atoms with Gasteiger partial charge in [0.1, 0.15) is 17.7 Å². The number of urea groups is 1. The first kappa shape index (κ1) is 22.6. The Morgan fingerprint density at radius 3 is 2.52 bits per heavy atom. The third-order valence-corrected chi connectivity index (χ3v) is 5.05. The molecule has 1 heterocycles. The van der Waals surface area contributed by atoms with Crippen molar-refractivity contribution >= 4 is 17.6 Å². The molecule has 2 aromatic carbocycles. The van der Waals surface area contributed by atoms with Gasteiger partial charge in [-0.05, 0) is 42.7 Å². The van der Waals surface area contributed by atoms with Crippen LogP contribution in [0.2, 0.25) is 0 Å². The first-order valence-corrected chi connectivity index (χ1v) is 10.0. The third-order valence-electron chi connectivity index (χ3n) is 5.05. The summed E-state index contributed by atoms with van der Waals surface area (Å²) in [5, 5.41) is 17.5. The molecule has 166 valence electrons. The van der Waals surface area contributed by atoms with E-state index < -0.39 is 30.1 Å². The van der Waals surface area contributed by atoms with Crippen molar-refractivity contribution in [2.45, 2.75) is 44.1 Å². The Balaban J connectivity index is 1.45. The molecule has 0 radical (unpaired) electrons. The Hall–Kier alpha value is -3.04. The Morgan fingerprint density at radius 1 is 1.06 bits per heavy atom. The number of rotatable bonds is 7. The van der Waals surface area contributed by atoms with Crippen LogP contribution in [0.3, 0.4) is 0 Å². The van der Waals surface area contributed by atoms with E-state index >= 15 is 0 Å². The van der Waals surface area contributed by atoms with Crippen LogP contribution >= 0.6 is 0 Å². The highest BCUT2D eigenvalue weighted by molar-refractivity contribution is 5.89. The number of nitrogens with one attached hydrogen (secondary N) is 3. The van der Waals surface area contributed by atoms with Crippen molar-refractivity contribution in [3.05, 3.63) is 65.7 Å². The average Bonchev–Trinajstić information content (AvgIpc) is 2.76. The number of carbonyl (C=O) groups excluding carboxylic acids is 2. The molecule has 0 bridgehead atoms. The van der Waals surface area contributed by atoms with Crippen molar-refractivity contribution in [1.82, 2.24) is 10.6 Å². The van der Waals surface area contributed by atoms with E-state index in [0.717, 1.165) is 5.56 Å². The van der Waals surface area contributed by atoms with Crippen LogP contribution in [0.15, 0.2) is 48.5 Å². The van der Waals surface area contributed by atoms with E-state index in [4.69, 9.17) is 4.74 Å². The van der Waals surface area contributed by atoms with Gasteiger partial charge in [0.05, 0.1) is 30.9 Å². The Morgan fingerprint density at radius 2 is 1.81 bits per heavy atom. The molecule has 0 saturated carbocycles. The van der Waals surface area contributed by atoms with Crippen molar-refractivity contribution in [3.63, 3.8) is 0 Å². The molecule has 9 heteroatoms. The summed E-state index contributed by atoms with van der Waals surface area (Å²) in [5.74, 6) is -1.12. The highest BCUT2D eigenvalue weighted by atomic mass is 19.1. The highest BCUT2D eigenvalue weighted by Gasteiger charge is 2.33. The van der Waals surface area contributed by atoms with E-state index in [1.54, 1.807) is 18.2 Å². The van der Waals surface area contributed by atoms with Crippen molar-refractivity contribution in [3.8, 4) is 0 Å². The zero-order valence-corrected chi connectivity index (χ0v) is 16.8. The average molecular weight is 433 g/mol. The molecule has 31 heavy (non-hydrogen) atoms. The fraction of sp³-hybridized carbons (Fsp3) is 0.364. The maximum Gasteiger partial charge on any atom is 0.319 e. The van der Waals surface area contributed by atoms with E-state index in [0.29, 0.717) is 12.8 Å². The molecule has 3 amide bonds. The van der Waals surface area contributed by atoms with Crippen LogP contribution in [-0.4, -0.2) is 41.9 Å². The molecule has 0 aliphatic carbocycles. The van der Waals surface area contributed by atoms with Crippen LogP contribution in [0.25, 0.3) is 0 Å². The summed E-state index contributed by atoms with van der Waals surface area (Å²) in [7, 11) is 0. The lowest BCUT2D eigenvalue weighted by atomic mass is 9.97. The number of ether oxygens (including phenoxy) is 1. The van der Waals surface area contributed by atoms with Crippen molar-refractivity contribution < 1.29 is 28.2 Å². The van der Waals surface area contributed by atoms with Gasteiger partial charge in [-0.1, -0.05) is 24.3 Å². The predicted octanol–water partition coefficient (Wildman–Crippen LogP) is 2.70. The predicted molar refractivity (Wildman–Crippen MR) is 110 cm³/mol. The number of hydrogen-bond donors (Lipinski definition) is 4. The minimum absolute atomic E-state index is 0.0491. The molecule has 1 aliphatic rings. The number of benzene rings is 2. The van der Waals surface area contributed by atoms with Gasteiger partial charge >= 0.3 is 6.03 Å². The lowest BCUT2D eigenvalue weighted by molar-refractivity contribution is -0.130. The van der Waals surface area contributed by atoms with Crippen LogP contribution < -0.4 is 16.0 Å². The van der Waals surface area contributed by atoms with Gasteiger partial charge in [0, 0.05) is 6.54 Å². The monoisotopic (exact) mass is 433 g/mol. The van der Waals surface area contributed by atoms with Gasteiger partial charge in [0.25, 0.3) is 0 Å². The topological polar surface area (TPSA) is 99.7 Å². The van der Waals surface area contributed by atoms with Crippen LogP contribution in [-0.2, 0) is 16.1 Å². The maximum absolute atomic E-state index is 13.7. The lowest BCUT2D eigenvalue weighted by Gasteiger charge is -2.35. The zero-order valence-electron chi connectivity index (χ0n) is 16.8. The molecule has 0 unspecified atom stereocenters. The zero-order chi connectivity index (χ0) is 22.2. The van der Waals surface area contributed by atoms with Gasteiger partial charge in [-0.3, -0.25) is 4.79 Å². The number of aliphatic hydroxyl groups is 1. The van der Waals surface area contributed by atoms with Crippen LogP contribution in [0.4, 0.5) is 19.3 Å². The number of carbonyl (C=O) groups is 2. The quantitative estimate of drug-likeness (QED) is 0.540. The van der Waals surface area contributed by atoms with E-state index in [1.807, 2.05) is 0 Å². The molecular formula is C22H25F2N3O4. The van der Waals surface area contributed by atoms with E-state index in [-0.39, 0.29) is 37.0 Å². The van der Waals surface area contributed by atoms with E-state index in [1.165, 1.54) is 30.3 Å². The molecule has 0 spiro atoms. The van der Waals surface area contributed by atoms with Crippen molar-refractivity contribution in [2.24, 2.45) is 0 Å². The third kappa shape index (κ3) is 6.73. The van der Waals surface area contributed by atoms with Crippen LogP contribution in [0, 0.1) is 11.6 Å². The second-order valence-electron chi connectivity index (χ2n) is 7.35. The first-order valence-electron chi connectivity index (χ1n) is 10.0. The number of halogens is 2. The second kappa shape index (κ2) is 10.8. The number of hydrogen-bond acceptors (Lipinski definition) is 4. The lowest BCUT2D eigenvalue weighted by Crippen LogP contribution is -2.52. The molecule has 2 aromatic rings. The fourth-order valence-electron chi connectivity index (χ4n) is 3.42. The molecule has 1 aliphatic heterocycles. The van der Waals surface area contributed by atoms with Crippen LogP contribution in [0.5, 0.6) is 0 Å². The normalized spacial score (nSPS) is 20.7. The summed E-state index contributed by atoms with van der Waals surface area (Å²) < 4.78 is 32.4. The number of amides is 3. The van der Waals surface area contributed by atoms with Gasteiger partial charge in [0.2, 0.25) is 5.91 Å². The molecule has 0 aromatic heterocycles. The van der Waals surface area contributed by atoms with Gasteiger partial charge < -0.3 is 25.8 Å². The fourth-order valence-corrected chi connectivity index (χ4v) is 3.42. The molecule has 3 atom stereocenters. The number of aliphatic hydroxyl groups excluding tert-OH is 1. The Kier molecular flexibility index (Phi) is 7.91. The summed E-state index contributed by atoms with van der Waals surface area (Å²) >= 11 is 0. The number of para-hydroxylation sites is 1. The largest absolute Gasteiger partial charge is 0.394 e. The van der Waals surface area contributed by atoms with Crippen LogP contribution in [0.1, 0.15) is 24.8 Å². The summed E-state index contributed by atoms with van der Waals surface area (Å²) in [6, 6.07) is 10.6. The SMILES string of the molecule is O=C(C[C@@H]1CC[C@H](NC(=O)Nc2ccccc2F)[C@@H](CO)O1)NCc1ccc(F)cc1. The van der Waals surface area contributed by atoms with Crippen molar-refractivity contribution in [1.29, 1.82) is 0 Å². The standard InChI is InChI=1S/C22H25F2N3O4/c23-15-7-5-14(6-8-15)12-25-21(29)11-16-9-10-19(20(13-28)31-16)27-22(30)26-18-4-2-1-3-17(18)24/h1-8,16,19-20,28H,9-13H2,(H,25,29)(H2,26,27,30)/t16-,19-,20+/m0/s1. The summed E-state index contributed by atoms with van der Waals surface area (Å²) in [6.07, 6.45) is 0.0102. The minimum atomic E-state index is -0.685. The number of anilines is 1. The van der Waals surface area contributed by atoms with Gasteiger partial charge in [-0.15, -0.1) is 0 Å². The second-order valence-corrected chi connectivity index (χ2v) is 7.35. The minimum Gasteiger partial charge on any atom is -0.394 e. The van der Waals surface area contributed by atoms with Gasteiger partial charge in [-0.2, -0.15) is 0 Å². The smallest absolute Gasteiger partial charge is 0.319 e.